The van der Waals surface area contributed by atoms with E-state index < -0.39 is 11.8 Å². The number of primary amides is 1. The zero-order valence-corrected chi connectivity index (χ0v) is 9.99. The Morgan fingerprint density at radius 2 is 2.19 bits per heavy atom. The molecule has 0 spiro atoms. The Kier molecular flexibility index (Phi) is 4.78. The summed E-state index contributed by atoms with van der Waals surface area (Å²) in [6.07, 6.45) is 0. The van der Waals surface area contributed by atoms with Crippen LogP contribution in [0, 0.1) is 0 Å². The van der Waals surface area contributed by atoms with Crippen LogP contribution in [0.1, 0.15) is 0 Å². The molecule has 5 nitrogen and oxygen atoms in total. The minimum absolute atomic E-state index is 0.149. The fourth-order valence-electron chi connectivity index (χ4n) is 0.942. The SMILES string of the molecule is NC(=O)CNC(=O)COc1cccc(Br)c1. The Hall–Kier alpha value is -1.56. The van der Waals surface area contributed by atoms with Gasteiger partial charge in [0.15, 0.2) is 6.61 Å². The van der Waals surface area contributed by atoms with Gasteiger partial charge in [0, 0.05) is 4.47 Å². The maximum absolute atomic E-state index is 11.2. The van der Waals surface area contributed by atoms with Crippen molar-refractivity contribution in [3.63, 3.8) is 0 Å². The molecule has 0 saturated heterocycles. The van der Waals surface area contributed by atoms with E-state index >= 15 is 0 Å². The van der Waals surface area contributed by atoms with Crippen LogP contribution in [-0.2, 0) is 9.59 Å². The highest BCUT2D eigenvalue weighted by Crippen LogP contribution is 2.17. The van der Waals surface area contributed by atoms with Crippen LogP contribution in [0.3, 0.4) is 0 Å². The first-order chi connectivity index (χ1) is 7.58. The van der Waals surface area contributed by atoms with E-state index in [0.29, 0.717) is 5.75 Å². The number of rotatable bonds is 5. The molecule has 16 heavy (non-hydrogen) atoms. The molecule has 0 atom stereocenters. The Morgan fingerprint density at radius 1 is 1.44 bits per heavy atom. The first kappa shape index (κ1) is 12.5. The molecular formula is C10H11BrN2O3. The number of nitrogens with one attached hydrogen (secondary N) is 1. The third kappa shape index (κ3) is 4.79. The van der Waals surface area contributed by atoms with Gasteiger partial charge in [-0.2, -0.15) is 0 Å². The predicted octanol–water partition coefficient (Wildman–Crippen LogP) is 0.429. The normalized spacial score (nSPS) is 9.56. The molecule has 86 valence electrons. The number of nitrogens with two attached hydrogens (primary N) is 1. The Balaban J connectivity index is 2.34. The van der Waals surface area contributed by atoms with Crippen molar-refractivity contribution in [1.29, 1.82) is 0 Å². The molecule has 1 aromatic carbocycles. The first-order valence-electron chi connectivity index (χ1n) is 4.51. The van der Waals surface area contributed by atoms with Crippen molar-refractivity contribution < 1.29 is 14.3 Å². The predicted molar refractivity (Wildman–Crippen MR) is 61.8 cm³/mol. The molecule has 0 aromatic heterocycles. The van der Waals surface area contributed by atoms with Crippen LogP contribution in [0.25, 0.3) is 0 Å². The maximum atomic E-state index is 11.2. The van der Waals surface area contributed by atoms with Crippen LogP contribution >= 0.6 is 15.9 Å². The van der Waals surface area contributed by atoms with Crippen LogP contribution in [0.2, 0.25) is 0 Å². The van der Waals surface area contributed by atoms with Crippen molar-refractivity contribution >= 4 is 27.7 Å². The van der Waals surface area contributed by atoms with Crippen molar-refractivity contribution in [2.24, 2.45) is 5.73 Å². The van der Waals surface area contributed by atoms with Gasteiger partial charge in [0.05, 0.1) is 6.54 Å². The number of ether oxygens (including phenoxy) is 1. The largest absolute Gasteiger partial charge is 0.484 e. The molecule has 0 aliphatic heterocycles. The second kappa shape index (κ2) is 6.12. The third-order valence-corrected chi connectivity index (χ3v) is 2.12. The third-order valence-electron chi connectivity index (χ3n) is 1.63. The van der Waals surface area contributed by atoms with Gasteiger partial charge in [-0.05, 0) is 18.2 Å². The average molecular weight is 287 g/mol. The van der Waals surface area contributed by atoms with E-state index in [2.05, 4.69) is 21.2 Å². The van der Waals surface area contributed by atoms with Gasteiger partial charge in [0.2, 0.25) is 5.91 Å². The number of benzene rings is 1. The topological polar surface area (TPSA) is 81.4 Å². The Morgan fingerprint density at radius 3 is 2.81 bits per heavy atom. The van der Waals surface area contributed by atoms with Crippen LogP contribution in [0.5, 0.6) is 5.75 Å². The molecule has 1 rings (SSSR count). The minimum Gasteiger partial charge on any atom is -0.484 e. The fourth-order valence-corrected chi connectivity index (χ4v) is 1.32. The molecule has 2 amide bonds. The molecule has 0 aliphatic rings. The van der Waals surface area contributed by atoms with Gasteiger partial charge in [-0.3, -0.25) is 9.59 Å². The lowest BCUT2D eigenvalue weighted by Crippen LogP contribution is -2.36. The molecule has 0 bridgehead atoms. The summed E-state index contributed by atoms with van der Waals surface area (Å²) in [5.41, 5.74) is 4.87. The van der Waals surface area contributed by atoms with Gasteiger partial charge in [-0.25, -0.2) is 0 Å². The molecule has 0 radical (unpaired) electrons. The quantitative estimate of drug-likeness (QED) is 0.824. The number of carbonyl (C=O) groups excluding carboxylic acids is 2. The zero-order chi connectivity index (χ0) is 12.0. The monoisotopic (exact) mass is 286 g/mol. The van der Waals surface area contributed by atoms with Gasteiger partial charge in [-0.15, -0.1) is 0 Å². The van der Waals surface area contributed by atoms with Gasteiger partial charge in [-0.1, -0.05) is 22.0 Å². The zero-order valence-electron chi connectivity index (χ0n) is 8.40. The highest BCUT2D eigenvalue weighted by Gasteiger charge is 2.03. The summed E-state index contributed by atoms with van der Waals surface area (Å²) in [7, 11) is 0. The number of hydrogen-bond acceptors (Lipinski definition) is 3. The van der Waals surface area contributed by atoms with Crippen LogP contribution in [-0.4, -0.2) is 25.0 Å². The van der Waals surface area contributed by atoms with E-state index in [9.17, 15) is 9.59 Å². The van der Waals surface area contributed by atoms with E-state index in [1.807, 2.05) is 6.07 Å². The highest BCUT2D eigenvalue weighted by molar-refractivity contribution is 9.10. The highest BCUT2D eigenvalue weighted by atomic mass is 79.9. The lowest BCUT2D eigenvalue weighted by Gasteiger charge is -2.06. The number of carbonyl (C=O) groups is 2. The maximum Gasteiger partial charge on any atom is 0.258 e. The molecule has 6 heteroatoms. The summed E-state index contributed by atoms with van der Waals surface area (Å²) in [5.74, 6) is -0.404. The van der Waals surface area contributed by atoms with Gasteiger partial charge < -0.3 is 15.8 Å². The van der Waals surface area contributed by atoms with E-state index in [1.165, 1.54) is 0 Å². The van der Waals surface area contributed by atoms with Crippen molar-refractivity contribution in [2.45, 2.75) is 0 Å². The van der Waals surface area contributed by atoms with Crippen LogP contribution in [0.4, 0.5) is 0 Å². The lowest BCUT2D eigenvalue weighted by atomic mass is 10.3. The molecule has 0 aliphatic carbocycles. The molecule has 3 N–H and O–H groups in total. The molecular weight excluding hydrogens is 276 g/mol. The first-order valence-corrected chi connectivity index (χ1v) is 5.30. The fraction of sp³-hybridized carbons (Fsp3) is 0.200. The van der Waals surface area contributed by atoms with Gasteiger partial charge >= 0.3 is 0 Å². The summed E-state index contributed by atoms with van der Waals surface area (Å²) < 4.78 is 6.05. The second-order valence-electron chi connectivity index (χ2n) is 2.99. The Bertz CT molecular complexity index is 395. The molecule has 0 fully saturated rings. The van der Waals surface area contributed by atoms with E-state index in [0.717, 1.165) is 4.47 Å². The second-order valence-corrected chi connectivity index (χ2v) is 3.90. The van der Waals surface area contributed by atoms with Gasteiger partial charge in [0.25, 0.3) is 5.91 Å². The van der Waals surface area contributed by atoms with Crippen LogP contribution < -0.4 is 15.8 Å². The number of amides is 2. The van der Waals surface area contributed by atoms with Gasteiger partial charge in [0.1, 0.15) is 5.75 Å². The standard InChI is InChI=1S/C10H11BrN2O3/c11-7-2-1-3-8(4-7)16-6-10(15)13-5-9(12)14/h1-4H,5-6H2,(H2,12,14)(H,13,15). The van der Waals surface area contributed by atoms with Crippen molar-refractivity contribution in [2.75, 3.05) is 13.2 Å². The van der Waals surface area contributed by atoms with Crippen LogP contribution in [0.15, 0.2) is 28.7 Å². The summed E-state index contributed by atoms with van der Waals surface area (Å²) in [6, 6.07) is 7.11. The van der Waals surface area contributed by atoms with E-state index in [-0.39, 0.29) is 13.2 Å². The number of halogens is 1. The summed E-state index contributed by atoms with van der Waals surface area (Å²) in [5, 5.41) is 2.32. The summed E-state index contributed by atoms with van der Waals surface area (Å²) in [4.78, 5) is 21.5. The summed E-state index contributed by atoms with van der Waals surface area (Å²) in [6.45, 7) is -0.329. The smallest absolute Gasteiger partial charge is 0.258 e. The van der Waals surface area contributed by atoms with Crippen molar-refractivity contribution in [3.8, 4) is 5.75 Å². The van der Waals surface area contributed by atoms with E-state index in [4.69, 9.17) is 10.5 Å². The molecule has 0 saturated carbocycles. The molecule has 0 unspecified atom stereocenters. The minimum atomic E-state index is -0.587. The summed E-state index contributed by atoms with van der Waals surface area (Å²) >= 11 is 3.28. The Labute approximate surface area is 101 Å². The molecule has 0 heterocycles. The number of hydrogen-bond donors (Lipinski definition) is 2. The molecule has 1 aromatic rings. The van der Waals surface area contributed by atoms with Crippen molar-refractivity contribution in [1.82, 2.24) is 5.32 Å². The van der Waals surface area contributed by atoms with E-state index in [1.54, 1.807) is 18.2 Å². The average Bonchev–Trinajstić information content (AvgIpc) is 2.23. The van der Waals surface area contributed by atoms with Crippen molar-refractivity contribution in [3.05, 3.63) is 28.7 Å². The lowest BCUT2D eigenvalue weighted by molar-refractivity contribution is -0.126.